The Morgan fingerprint density at radius 3 is 2.52 bits per heavy atom. The normalized spacial score (nSPS) is 11.8. The molecule has 2 rings (SSSR count). The van der Waals surface area contributed by atoms with Crippen LogP contribution in [0.15, 0.2) is 72.3 Å². The molecule has 0 saturated carbocycles. The van der Waals surface area contributed by atoms with Gasteiger partial charge in [-0.15, -0.1) is 0 Å². The van der Waals surface area contributed by atoms with E-state index in [1.54, 1.807) is 12.1 Å². The van der Waals surface area contributed by atoms with E-state index < -0.39 is 5.97 Å². The molecule has 0 bridgehead atoms. The zero-order valence-corrected chi connectivity index (χ0v) is 14.6. The molecule has 0 aliphatic rings. The molecule has 3 N–H and O–H groups in total. The van der Waals surface area contributed by atoms with Gasteiger partial charge in [0.2, 0.25) is 0 Å². The number of hydrogen-bond donors (Lipinski definition) is 2. The zero-order chi connectivity index (χ0) is 18.1. The number of nitrogens with two attached hydrogens (primary N) is 1. The quantitative estimate of drug-likeness (QED) is 0.679. The summed E-state index contributed by atoms with van der Waals surface area (Å²) in [6, 6.07) is 15.2. The molecule has 25 heavy (non-hydrogen) atoms. The Morgan fingerprint density at radius 2 is 1.84 bits per heavy atom. The first kappa shape index (κ1) is 18.7. The Bertz CT molecular complexity index is 758. The molecule has 0 amide bonds. The number of carbonyl (C=O) groups is 1. The molecule has 2 aromatic carbocycles. The average Bonchev–Trinajstić information content (AvgIpc) is 2.62. The van der Waals surface area contributed by atoms with Crippen LogP contribution >= 0.6 is 0 Å². The molecule has 0 unspecified atom stereocenters. The van der Waals surface area contributed by atoms with Crippen LogP contribution in [0.1, 0.15) is 35.7 Å². The summed E-state index contributed by atoms with van der Waals surface area (Å²) in [5.41, 5.74) is 10.1. The van der Waals surface area contributed by atoms with Crippen molar-refractivity contribution in [3.8, 4) is 11.1 Å². The molecule has 0 atom stereocenters. The number of carboxylic acid groups (broad SMARTS) is 1. The minimum Gasteiger partial charge on any atom is -0.478 e. The van der Waals surface area contributed by atoms with Crippen molar-refractivity contribution in [2.75, 3.05) is 6.54 Å². The lowest BCUT2D eigenvalue weighted by molar-refractivity contribution is 0.0697. The molecule has 130 valence electrons. The molecule has 0 fully saturated rings. The van der Waals surface area contributed by atoms with Gasteiger partial charge in [-0.05, 0) is 55.5 Å². The Labute approximate surface area is 149 Å². The fourth-order valence-corrected chi connectivity index (χ4v) is 2.66. The molecule has 0 spiro atoms. The molecule has 3 heteroatoms. The number of carboxylic acids is 1. The first-order chi connectivity index (χ1) is 12.1. The molecular weight excluding hydrogens is 310 g/mol. The van der Waals surface area contributed by atoms with Crippen molar-refractivity contribution in [3.05, 3.63) is 83.5 Å². The highest BCUT2D eigenvalue weighted by Gasteiger charge is 2.10. The van der Waals surface area contributed by atoms with Crippen molar-refractivity contribution in [1.82, 2.24) is 0 Å². The SMILES string of the molecule is C/C(=C\C=C/CCc1ccc(-c2ccccc2C(=O)O)cc1)CCN. The number of allylic oxidation sites excluding steroid dienone is 3. The van der Waals surface area contributed by atoms with Gasteiger partial charge in [-0.1, -0.05) is 66.3 Å². The fourth-order valence-electron chi connectivity index (χ4n) is 2.66. The fraction of sp³-hybridized carbons (Fsp3) is 0.227. The third-order valence-corrected chi connectivity index (χ3v) is 4.08. The lowest BCUT2D eigenvalue weighted by Gasteiger charge is -2.07. The summed E-state index contributed by atoms with van der Waals surface area (Å²) in [5, 5.41) is 9.30. The van der Waals surface area contributed by atoms with Crippen molar-refractivity contribution in [3.63, 3.8) is 0 Å². The second-order valence-electron chi connectivity index (χ2n) is 6.07. The minimum absolute atomic E-state index is 0.331. The van der Waals surface area contributed by atoms with E-state index >= 15 is 0 Å². The van der Waals surface area contributed by atoms with E-state index in [0.29, 0.717) is 12.1 Å². The molecule has 0 radical (unpaired) electrons. The Balaban J connectivity index is 1.98. The topological polar surface area (TPSA) is 63.3 Å². The highest BCUT2D eigenvalue weighted by Crippen LogP contribution is 2.24. The highest BCUT2D eigenvalue weighted by molar-refractivity contribution is 5.95. The van der Waals surface area contributed by atoms with E-state index in [9.17, 15) is 9.90 Å². The van der Waals surface area contributed by atoms with Gasteiger partial charge >= 0.3 is 5.97 Å². The standard InChI is InChI=1S/C22H25NO2/c1-17(15-16-23)7-3-2-4-8-18-11-13-19(14-12-18)20-9-5-6-10-21(20)22(24)25/h2-3,5-7,9-14H,4,8,15-16,23H2,1H3,(H,24,25)/b3-2-,17-7+. The first-order valence-corrected chi connectivity index (χ1v) is 8.56. The van der Waals surface area contributed by atoms with Gasteiger partial charge in [-0.3, -0.25) is 0 Å². The van der Waals surface area contributed by atoms with E-state index in [0.717, 1.165) is 30.4 Å². The van der Waals surface area contributed by atoms with Gasteiger partial charge in [0, 0.05) is 0 Å². The summed E-state index contributed by atoms with van der Waals surface area (Å²) in [4.78, 5) is 11.3. The van der Waals surface area contributed by atoms with E-state index in [1.807, 2.05) is 24.3 Å². The second-order valence-corrected chi connectivity index (χ2v) is 6.07. The first-order valence-electron chi connectivity index (χ1n) is 8.56. The van der Waals surface area contributed by atoms with Crippen molar-refractivity contribution in [1.29, 1.82) is 0 Å². The van der Waals surface area contributed by atoms with Crippen LogP contribution in [-0.2, 0) is 6.42 Å². The highest BCUT2D eigenvalue weighted by atomic mass is 16.4. The average molecular weight is 335 g/mol. The summed E-state index contributed by atoms with van der Waals surface area (Å²) in [6.07, 6.45) is 9.22. The maximum Gasteiger partial charge on any atom is 0.336 e. The largest absolute Gasteiger partial charge is 0.478 e. The third-order valence-electron chi connectivity index (χ3n) is 4.08. The molecule has 0 saturated heterocycles. The van der Waals surface area contributed by atoms with Gasteiger partial charge < -0.3 is 10.8 Å². The maximum absolute atomic E-state index is 11.3. The third kappa shape index (κ3) is 5.73. The predicted octanol–water partition coefficient (Wildman–Crippen LogP) is 4.84. The number of aryl methyl sites for hydroxylation is 1. The van der Waals surface area contributed by atoms with Crippen molar-refractivity contribution >= 4 is 5.97 Å². The van der Waals surface area contributed by atoms with E-state index in [1.165, 1.54) is 11.1 Å². The van der Waals surface area contributed by atoms with Crippen LogP contribution in [-0.4, -0.2) is 17.6 Å². The molecule has 3 nitrogen and oxygen atoms in total. The zero-order valence-electron chi connectivity index (χ0n) is 14.6. The predicted molar refractivity (Wildman–Crippen MR) is 104 cm³/mol. The van der Waals surface area contributed by atoms with Gasteiger partial charge in [0.1, 0.15) is 0 Å². The van der Waals surface area contributed by atoms with Crippen LogP contribution in [0, 0.1) is 0 Å². The van der Waals surface area contributed by atoms with Gasteiger partial charge in [-0.2, -0.15) is 0 Å². The summed E-state index contributed by atoms with van der Waals surface area (Å²) in [6.45, 7) is 2.78. The second kappa shape index (κ2) is 9.60. The number of rotatable bonds is 8. The van der Waals surface area contributed by atoms with E-state index in [2.05, 4.69) is 37.3 Å². The van der Waals surface area contributed by atoms with Crippen molar-refractivity contribution in [2.24, 2.45) is 5.73 Å². The Morgan fingerprint density at radius 1 is 1.12 bits per heavy atom. The monoisotopic (exact) mass is 335 g/mol. The Kier molecular flexibility index (Phi) is 7.17. The summed E-state index contributed by atoms with van der Waals surface area (Å²) in [5.74, 6) is -0.900. The molecule has 0 aliphatic heterocycles. The maximum atomic E-state index is 11.3. The van der Waals surface area contributed by atoms with Crippen LogP contribution in [0.3, 0.4) is 0 Å². The molecule has 0 aromatic heterocycles. The van der Waals surface area contributed by atoms with Crippen molar-refractivity contribution in [2.45, 2.75) is 26.2 Å². The van der Waals surface area contributed by atoms with Crippen LogP contribution in [0.5, 0.6) is 0 Å². The van der Waals surface area contributed by atoms with Gasteiger partial charge in [0.15, 0.2) is 0 Å². The van der Waals surface area contributed by atoms with Gasteiger partial charge in [0.05, 0.1) is 5.56 Å². The van der Waals surface area contributed by atoms with E-state index in [-0.39, 0.29) is 0 Å². The summed E-state index contributed by atoms with van der Waals surface area (Å²) in [7, 11) is 0. The lowest BCUT2D eigenvalue weighted by atomic mass is 9.98. The lowest BCUT2D eigenvalue weighted by Crippen LogP contribution is -1.99. The van der Waals surface area contributed by atoms with Crippen LogP contribution in [0.4, 0.5) is 0 Å². The van der Waals surface area contributed by atoms with Crippen LogP contribution in [0.25, 0.3) is 11.1 Å². The van der Waals surface area contributed by atoms with Crippen LogP contribution < -0.4 is 5.73 Å². The molecule has 0 aliphatic carbocycles. The van der Waals surface area contributed by atoms with Gasteiger partial charge in [0.25, 0.3) is 0 Å². The summed E-state index contributed by atoms with van der Waals surface area (Å²) >= 11 is 0. The minimum atomic E-state index is -0.900. The van der Waals surface area contributed by atoms with E-state index in [4.69, 9.17) is 5.73 Å². The smallest absolute Gasteiger partial charge is 0.336 e. The van der Waals surface area contributed by atoms with Gasteiger partial charge in [-0.25, -0.2) is 4.79 Å². The molecule has 2 aromatic rings. The van der Waals surface area contributed by atoms with Crippen molar-refractivity contribution < 1.29 is 9.90 Å². The molecule has 0 heterocycles. The number of hydrogen-bond acceptors (Lipinski definition) is 2. The molecular formula is C22H25NO2. The summed E-state index contributed by atoms with van der Waals surface area (Å²) < 4.78 is 0. The Hall–Kier alpha value is -2.65. The van der Waals surface area contributed by atoms with Crippen LogP contribution in [0.2, 0.25) is 0 Å². The number of aromatic carboxylic acids is 1. The number of benzene rings is 2.